The van der Waals surface area contributed by atoms with Gasteiger partial charge in [0.1, 0.15) is 5.75 Å². The Morgan fingerprint density at radius 1 is 1.33 bits per heavy atom. The zero-order valence-electron chi connectivity index (χ0n) is 12.6. The first-order valence-corrected chi connectivity index (χ1v) is 7.13. The van der Waals surface area contributed by atoms with Crippen molar-refractivity contribution in [3.05, 3.63) is 29.8 Å². The normalized spacial score (nSPS) is 11.7. The molecule has 1 unspecified atom stereocenters. The highest BCUT2D eigenvalue weighted by atomic mass is 16.5. The number of amides is 1. The summed E-state index contributed by atoms with van der Waals surface area (Å²) in [5.41, 5.74) is 1.09. The largest absolute Gasteiger partial charge is 0.496 e. The number of ether oxygens (including phenoxy) is 1. The van der Waals surface area contributed by atoms with Gasteiger partial charge in [0.25, 0.3) is 0 Å². The van der Waals surface area contributed by atoms with E-state index in [1.54, 1.807) is 7.11 Å². The fourth-order valence-corrected chi connectivity index (χ4v) is 2.18. The van der Waals surface area contributed by atoms with Gasteiger partial charge in [-0.15, -0.1) is 0 Å². The van der Waals surface area contributed by atoms with Crippen molar-refractivity contribution in [3.63, 3.8) is 0 Å². The standard InChI is InChI=1S/C16H23NO4/c1-12(10-13-6-3-4-7-14(13)21-2)11-15(18)17-9-5-8-16(19)20/h3-4,6-7,12H,5,8-11H2,1-2H3,(H,17,18)(H,19,20). The van der Waals surface area contributed by atoms with E-state index in [1.807, 2.05) is 31.2 Å². The van der Waals surface area contributed by atoms with E-state index < -0.39 is 5.97 Å². The minimum atomic E-state index is -0.839. The lowest BCUT2D eigenvalue weighted by molar-refractivity contribution is -0.137. The molecule has 0 aliphatic carbocycles. The van der Waals surface area contributed by atoms with Crippen LogP contribution in [0.2, 0.25) is 0 Å². The predicted molar refractivity (Wildman–Crippen MR) is 80.4 cm³/mol. The summed E-state index contributed by atoms with van der Waals surface area (Å²) in [6.45, 7) is 2.43. The van der Waals surface area contributed by atoms with Gasteiger partial charge in [0, 0.05) is 19.4 Å². The topological polar surface area (TPSA) is 75.6 Å². The van der Waals surface area contributed by atoms with Crippen LogP contribution in [0.5, 0.6) is 5.75 Å². The fraction of sp³-hybridized carbons (Fsp3) is 0.500. The van der Waals surface area contributed by atoms with Gasteiger partial charge in [-0.05, 0) is 30.4 Å². The zero-order chi connectivity index (χ0) is 15.7. The number of hydrogen-bond acceptors (Lipinski definition) is 3. The molecule has 1 aromatic rings. The molecule has 0 heterocycles. The highest BCUT2D eigenvalue weighted by molar-refractivity contribution is 5.76. The Morgan fingerprint density at radius 2 is 2.05 bits per heavy atom. The van der Waals surface area contributed by atoms with Crippen molar-refractivity contribution in [2.45, 2.75) is 32.6 Å². The Hall–Kier alpha value is -2.04. The fourth-order valence-electron chi connectivity index (χ4n) is 2.18. The number of carboxylic acids is 1. The van der Waals surface area contributed by atoms with Crippen LogP contribution < -0.4 is 10.1 Å². The monoisotopic (exact) mass is 293 g/mol. The van der Waals surface area contributed by atoms with Gasteiger partial charge < -0.3 is 15.2 Å². The van der Waals surface area contributed by atoms with E-state index in [-0.39, 0.29) is 18.2 Å². The van der Waals surface area contributed by atoms with Gasteiger partial charge >= 0.3 is 5.97 Å². The molecule has 1 aromatic carbocycles. The second kappa shape index (κ2) is 9.00. The van der Waals surface area contributed by atoms with Gasteiger partial charge in [0.15, 0.2) is 0 Å². The Labute approximate surface area is 125 Å². The van der Waals surface area contributed by atoms with Crippen molar-refractivity contribution in [2.75, 3.05) is 13.7 Å². The third-order valence-electron chi connectivity index (χ3n) is 3.18. The first-order chi connectivity index (χ1) is 10.0. The molecule has 0 aliphatic rings. The van der Waals surface area contributed by atoms with Crippen LogP contribution in [-0.4, -0.2) is 30.6 Å². The van der Waals surface area contributed by atoms with Crippen LogP contribution in [0.3, 0.4) is 0 Å². The molecular weight excluding hydrogens is 270 g/mol. The number of carboxylic acid groups (broad SMARTS) is 1. The number of hydrogen-bond donors (Lipinski definition) is 2. The molecule has 116 valence electrons. The number of benzene rings is 1. The minimum absolute atomic E-state index is 0.0391. The van der Waals surface area contributed by atoms with Crippen LogP contribution >= 0.6 is 0 Å². The SMILES string of the molecule is COc1ccccc1CC(C)CC(=O)NCCCC(=O)O. The van der Waals surface area contributed by atoms with Crippen molar-refractivity contribution >= 4 is 11.9 Å². The summed E-state index contributed by atoms with van der Waals surface area (Å²) in [5.74, 6) is 0.156. The molecular formula is C16H23NO4. The Bertz CT molecular complexity index is 473. The first-order valence-electron chi connectivity index (χ1n) is 7.13. The van der Waals surface area contributed by atoms with E-state index in [4.69, 9.17) is 9.84 Å². The highest BCUT2D eigenvalue weighted by Crippen LogP contribution is 2.21. The number of carbonyl (C=O) groups excluding carboxylic acids is 1. The van der Waals surface area contributed by atoms with E-state index in [0.29, 0.717) is 19.4 Å². The Kier molecular flexibility index (Phi) is 7.29. The molecule has 0 saturated carbocycles. The molecule has 0 bridgehead atoms. The second-order valence-corrected chi connectivity index (χ2v) is 5.17. The molecule has 5 nitrogen and oxygen atoms in total. The van der Waals surface area contributed by atoms with Crippen LogP contribution in [-0.2, 0) is 16.0 Å². The van der Waals surface area contributed by atoms with Gasteiger partial charge in [-0.1, -0.05) is 25.1 Å². The zero-order valence-corrected chi connectivity index (χ0v) is 12.6. The summed E-state index contributed by atoms with van der Waals surface area (Å²) >= 11 is 0. The van der Waals surface area contributed by atoms with E-state index in [0.717, 1.165) is 17.7 Å². The number of para-hydroxylation sites is 1. The molecule has 1 amide bonds. The minimum Gasteiger partial charge on any atom is -0.496 e. The van der Waals surface area contributed by atoms with Gasteiger partial charge in [0.2, 0.25) is 5.91 Å². The molecule has 0 aliphatic heterocycles. The first kappa shape index (κ1) is 17.0. The molecule has 21 heavy (non-hydrogen) atoms. The smallest absolute Gasteiger partial charge is 0.303 e. The van der Waals surface area contributed by atoms with Gasteiger partial charge in [-0.25, -0.2) is 0 Å². The van der Waals surface area contributed by atoms with Crippen molar-refractivity contribution in [1.29, 1.82) is 0 Å². The number of rotatable bonds is 9. The van der Waals surface area contributed by atoms with Crippen molar-refractivity contribution < 1.29 is 19.4 Å². The maximum absolute atomic E-state index is 11.8. The summed E-state index contributed by atoms with van der Waals surface area (Å²) in [4.78, 5) is 22.1. The van der Waals surface area contributed by atoms with E-state index in [2.05, 4.69) is 5.32 Å². The van der Waals surface area contributed by atoms with Crippen LogP contribution in [0.4, 0.5) is 0 Å². The summed E-state index contributed by atoms with van der Waals surface area (Å²) in [6, 6.07) is 7.78. The quantitative estimate of drug-likeness (QED) is 0.685. The second-order valence-electron chi connectivity index (χ2n) is 5.17. The number of carbonyl (C=O) groups is 2. The molecule has 0 saturated heterocycles. The molecule has 0 spiro atoms. The van der Waals surface area contributed by atoms with Crippen LogP contribution in [0, 0.1) is 5.92 Å². The average molecular weight is 293 g/mol. The van der Waals surface area contributed by atoms with Crippen LogP contribution in [0.15, 0.2) is 24.3 Å². The summed E-state index contributed by atoms with van der Waals surface area (Å²) in [5, 5.41) is 11.3. The van der Waals surface area contributed by atoms with Gasteiger partial charge in [-0.3, -0.25) is 9.59 Å². The number of nitrogens with one attached hydrogen (secondary N) is 1. The molecule has 1 atom stereocenters. The molecule has 5 heteroatoms. The lowest BCUT2D eigenvalue weighted by Crippen LogP contribution is -2.26. The lowest BCUT2D eigenvalue weighted by atomic mass is 9.97. The molecule has 0 aromatic heterocycles. The molecule has 0 radical (unpaired) electrons. The molecule has 1 rings (SSSR count). The lowest BCUT2D eigenvalue weighted by Gasteiger charge is -2.14. The number of aliphatic carboxylic acids is 1. The molecule has 2 N–H and O–H groups in total. The average Bonchev–Trinajstić information content (AvgIpc) is 2.44. The highest BCUT2D eigenvalue weighted by Gasteiger charge is 2.12. The van der Waals surface area contributed by atoms with Crippen LogP contribution in [0.1, 0.15) is 31.7 Å². The number of methoxy groups -OCH3 is 1. The third-order valence-corrected chi connectivity index (χ3v) is 3.18. The predicted octanol–water partition coefficient (Wildman–Crippen LogP) is 2.24. The van der Waals surface area contributed by atoms with E-state index >= 15 is 0 Å². The maximum Gasteiger partial charge on any atom is 0.303 e. The van der Waals surface area contributed by atoms with Crippen molar-refractivity contribution in [1.82, 2.24) is 5.32 Å². The van der Waals surface area contributed by atoms with Gasteiger partial charge in [-0.2, -0.15) is 0 Å². The van der Waals surface area contributed by atoms with Gasteiger partial charge in [0.05, 0.1) is 7.11 Å². The summed E-state index contributed by atoms with van der Waals surface area (Å²) < 4.78 is 5.30. The van der Waals surface area contributed by atoms with E-state index in [9.17, 15) is 9.59 Å². The van der Waals surface area contributed by atoms with Crippen molar-refractivity contribution in [2.24, 2.45) is 5.92 Å². The van der Waals surface area contributed by atoms with Crippen molar-refractivity contribution in [3.8, 4) is 5.75 Å². The summed E-state index contributed by atoms with van der Waals surface area (Å²) in [6.07, 6.45) is 1.73. The molecule has 0 fully saturated rings. The Balaban J connectivity index is 2.34. The van der Waals surface area contributed by atoms with Crippen LogP contribution in [0.25, 0.3) is 0 Å². The Morgan fingerprint density at radius 3 is 2.71 bits per heavy atom. The third kappa shape index (κ3) is 6.79. The maximum atomic E-state index is 11.8. The van der Waals surface area contributed by atoms with E-state index in [1.165, 1.54) is 0 Å². The summed E-state index contributed by atoms with van der Waals surface area (Å²) in [7, 11) is 1.64.